The Balaban J connectivity index is 1.19. The van der Waals surface area contributed by atoms with E-state index in [1.165, 1.54) is 122 Å². The summed E-state index contributed by atoms with van der Waals surface area (Å²) in [6.07, 6.45) is 4.76. The monoisotopic (exact) mass is 1380 g/mol. The number of thiophene rings is 8. The molecule has 0 aliphatic rings. The van der Waals surface area contributed by atoms with Crippen molar-refractivity contribution >= 4 is 201 Å². The van der Waals surface area contributed by atoms with Crippen molar-refractivity contribution in [2.24, 2.45) is 23.7 Å². The molecule has 0 aliphatic carbocycles. The fourth-order valence-corrected chi connectivity index (χ4v) is 24.8. The lowest BCUT2D eigenvalue weighted by Crippen LogP contribution is -1.95. The molecular weight excluding hydrogens is 1330 g/mol. The van der Waals surface area contributed by atoms with Gasteiger partial charge in [-0.15, -0.1) is 138 Å². The molecule has 4 unspecified atom stereocenters. The average molecular weight is 1380 g/mol. The zero-order valence-electron chi connectivity index (χ0n) is 39.2. The Bertz CT molecular complexity index is 2720. The molecule has 68 heavy (non-hydrogen) atoms. The fraction of sp³-hybridized carbons (Fsp3) is 0.385. The van der Waals surface area contributed by atoms with Crippen LogP contribution in [0.5, 0.6) is 0 Å². The average Bonchev–Trinajstić information content (AvgIpc) is 4.20. The summed E-state index contributed by atoms with van der Waals surface area (Å²) in [6, 6.07) is 19.3. The van der Waals surface area contributed by atoms with Gasteiger partial charge in [0.25, 0.3) is 0 Å². The molecule has 16 heteroatoms. The summed E-state index contributed by atoms with van der Waals surface area (Å²) in [6.45, 7) is 18.8. The van der Waals surface area contributed by atoms with E-state index < -0.39 is 0 Å². The first-order valence-corrected chi connectivity index (χ1v) is 36.7. The summed E-state index contributed by atoms with van der Waals surface area (Å²) in [5.74, 6) is 7.12. The molecule has 0 radical (unpaired) electrons. The lowest BCUT2D eigenvalue weighted by Gasteiger charge is -2.10. The molecule has 0 spiro atoms. The van der Waals surface area contributed by atoms with Crippen molar-refractivity contribution in [1.82, 2.24) is 0 Å². The van der Waals surface area contributed by atoms with Crippen LogP contribution in [0.3, 0.4) is 0 Å². The molecule has 8 rings (SSSR count). The van der Waals surface area contributed by atoms with Gasteiger partial charge in [-0.25, -0.2) is 0 Å². The first kappa shape index (κ1) is 55.2. The van der Waals surface area contributed by atoms with Crippen LogP contribution >= 0.6 is 201 Å². The van der Waals surface area contributed by atoms with Crippen LogP contribution in [0.1, 0.15) is 81.1 Å². The van der Waals surface area contributed by atoms with Crippen molar-refractivity contribution in [1.29, 1.82) is 0 Å². The molecule has 8 aromatic rings. The number of rotatable bonds is 23. The molecule has 0 bridgehead atoms. The third-order valence-corrected chi connectivity index (χ3v) is 31.0. The van der Waals surface area contributed by atoms with Crippen molar-refractivity contribution in [3.05, 3.63) is 77.2 Å². The van der Waals surface area contributed by atoms with Crippen molar-refractivity contribution < 1.29 is 0 Å². The molecule has 0 saturated heterocycles. The maximum atomic E-state index is 4.12. The van der Waals surface area contributed by atoms with Crippen LogP contribution in [0, 0.1) is 23.7 Å². The van der Waals surface area contributed by atoms with Gasteiger partial charge in [0, 0.05) is 110 Å². The summed E-state index contributed by atoms with van der Waals surface area (Å²) in [4.78, 5) is 24.7. The van der Waals surface area contributed by atoms with Crippen LogP contribution in [0.2, 0.25) is 0 Å². The second-order valence-electron chi connectivity index (χ2n) is 17.3. The zero-order chi connectivity index (χ0) is 48.2. The number of halogens is 4. The molecule has 0 amide bonds. The highest BCUT2D eigenvalue weighted by atomic mass is 79.9. The zero-order valence-corrected chi connectivity index (χ0v) is 55.3. The highest BCUT2D eigenvalue weighted by molar-refractivity contribution is 9.11. The van der Waals surface area contributed by atoms with Gasteiger partial charge in [0.2, 0.25) is 0 Å². The molecule has 0 N–H and O–H groups in total. The van der Waals surface area contributed by atoms with Crippen molar-refractivity contribution in [3.8, 4) is 68.3 Å². The summed E-state index contributed by atoms with van der Waals surface area (Å²) in [5, 5.41) is 4.40. The van der Waals surface area contributed by atoms with Crippen molar-refractivity contribution in [2.75, 3.05) is 23.0 Å². The van der Waals surface area contributed by atoms with E-state index in [1.807, 2.05) is 114 Å². The lowest BCUT2D eigenvalue weighted by atomic mass is 10.2. The predicted molar refractivity (Wildman–Crippen MR) is 339 cm³/mol. The highest BCUT2D eigenvalue weighted by Gasteiger charge is 2.26. The SMILES string of the molecule is CCC(C)CSc1cc(-c2cc(Br)cs2)sc1-c1sc(-c2cc(SCC(C)CC)c(-c3sc(-c4cc(Br)c(-c5sc(-c6cc(Br)cs6)cc5SCC(C)CC)s4)cc3SCC(C)CC)s2)cc1Br. The fourth-order valence-electron chi connectivity index (χ4n) is 6.62. The standard InChI is InChI=1S/C52H54Br4S12/c1-9-27(5)21-57-43-17-39(35-13-31(53)25-61-35)65-49(43)47-33(55)15-37(63-47)41-19-45(59-23-29(7)11-3)51(67-41)52-46(60-24-30(8)12-4)20-42(68-52)38-16-34(56)48(64-38)50-44(58-22-28(6)10-2)18-40(66-50)36-14-32(54)26-62-36/h13-20,25-30H,9-12,21-24H2,1-8H3. The van der Waals surface area contributed by atoms with E-state index in [0.29, 0.717) is 23.7 Å². The van der Waals surface area contributed by atoms with E-state index in [9.17, 15) is 0 Å². The van der Waals surface area contributed by atoms with E-state index >= 15 is 0 Å². The molecule has 0 fully saturated rings. The molecule has 0 nitrogen and oxygen atoms in total. The minimum absolute atomic E-state index is 0.648. The second-order valence-corrected chi connectivity index (χ2v) is 33.3. The third kappa shape index (κ3) is 13.5. The predicted octanol–water partition coefficient (Wildman–Crippen LogP) is 25.5. The Morgan fingerprint density at radius 3 is 0.868 bits per heavy atom. The quantitative estimate of drug-likeness (QED) is 0.0585. The van der Waals surface area contributed by atoms with E-state index in [4.69, 9.17) is 0 Å². The Labute approximate surface area is 487 Å². The van der Waals surface area contributed by atoms with Crippen molar-refractivity contribution in [2.45, 2.75) is 101 Å². The first-order valence-electron chi connectivity index (χ1n) is 22.9. The summed E-state index contributed by atoms with van der Waals surface area (Å²) in [5.41, 5.74) is 0. The van der Waals surface area contributed by atoms with Gasteiger partial charge in [-0.1, -0.05) is 81.1 Å². The normalized spacial score (nSPS) is 13.8. The topological polar surface area (TPSA) is 0 Å². The highest BCUT2D eigenvalue weighted by Crippen LogP contribution is 2.57. The van der Waals surface area contributed by atoms with E-state index in [2.05, 4.69) is 202 Å². The molecular formula is C52H54Br4S12. The Morgan fingerprint density at radius 1 is 0.353 bits per heavy atom. The molecule has 0 saturated carbocycles. The number of hydrogen-bond donors (Lipinski definition) is 0. The summed E-state index contributed by atoms with van der Waals surface area (Å²) >= 11 is 39.3. The molecule has 8 heterocycles. The van der Waals surface area contributed by atoms with Gasteiger partial charge < -0.3 is 0 Å². The Morgan fingerprint density at radius 2 is 0.603 bits per heavy atom. The van der Waals surface area contributed by atoms with E-state index in [-0.39, 0.29) is 0 Å². The van der Waals surface area contributed by atoms with Crippen LogP contribution in [-0.2, 0) is 0 Å². The van der Waals surface area contributed by atoms with Gasteiger partial charge in [0.1, 0.15) is 0 Å². The van der Waals surface area contributed by atoms with Gasteiger partial charge >= 0.3 is 0 Å². The minimum atomic E-state index is 0.648. The van der Waals surface area contributed by atoms with Gasteiger partial charge in [0.05, 0.1) is 29.3 Å². The summed E-state index contributed by atoms with van der Waals surface area (Å²) < 4.78 is 4.69. The molecule has 0 aromatic carbocycles. The lowest BCUT2D eigenvalue weighted by molar-refractivity contribution is 0.637. The van der Waals surface area contributed by atoms with Crippen LogP contribution in [0.25, 0.3) is 68.3 Å². The first-order chi connectivity index (χ1) is 32.7. The van der Waals surface area contributed by atoms with E-state index in [1.54, 1.807) is 0 Å². The minimum Gasteiger partial charge on any atom is -0.142 e. The van der Waals surface area contributed by atoms with Gasteiger partial charge in [-0.05, 0) is 136 Å². The number of thioether (sulfide) groups is 4. The van der Waals surface area contributed by atoms with Gasteiger partial charge in [0.15, 0.2) is 0 Å². The van der Waals surface area contributed by atoms with Crippen LogP contribution < -0.4 is 0 Å². The maximum Gasteiger partial charge on any atom is 0.0603 e. The molecule has 362 valence electrons. The van der Waals surface area contributed by atoms with E-state index in [0.717, 1.165) is 32.0 Å². The van der Waals surface area contributed by atoms with Crippen LogP contribution in [-0.4, -0.2) is 23.0 Å². The van der Waals surface area contributed by atoms with Crippen LogP contribution in [0.15, 0.2) is 96.8 Å². The Hall–Kier alpha value is 0.920. The smallest absolute Gasteiger partial charge is 0.0603 e. The van der Waals surface area contributed by atoms with Crippen LogP contribution in [0.4, 0.5) is 0 Å². The third-order valence-electron chi connectivity index (χ3n) is 11.8. The largest absolute Gasteiger partial charge is 0.142 e. The Kier molecular flexibility index (Phi) is 20.8. The number of hydrogen-bond acceptors (Lipinski definition) is 12. The molecule has 4 atom stereocenters. The molecule has 8 aromatic heterocycles. The van der Waals surface area contributed by atoms with Gasteiger partial charge in [-0.2, -0.15) is 0 Å². The summed E-state index contributed by atoms with van der Waals surface area (Å²) in [7, 11) is 0. The maximum absolute atomic E-state index is 4.12. The molecule has 0 aliphatic heterocycles. The second kappa shape index (κ2) is 25.6. The van der Waals surface area contributed by atoms with Crippen molar-refractivity contribution in [3.63, 3.8) is 0 Å². The van der Waals surface area contributed by atoms with Gasteiger partial charge in [-0.3, -0.25) is 0 Å².